The zero-order chi connectivity index (χ0) is 9.68. The second kappa shape index (κ2) is 5.16. The second-order valence-electron chi connectivity index (χ2n) is 2.38. The van der Waals surface area contributed by atoms with Gasteiger partial charge in [0.2, 0.25) is 0 Å². The molecule has 0 aliphatic heterocycles. The first kappa shape index (κ1) is 10.4. The molecule has 0 unspecified atom stereocenters. The van der Waals surface area contributed by atoms with Crippen LogP contribution in [0.1, 0.15) is 6.92 Å². The third-order valence-corrected chi connectivity index (χ3v) is 2.89. The van der Waals surface area contributed by atoms with E-state index in [1.165, 1.54) is 0 Å². The van der Waals surface area contributed by atoms with E-state index in [0.717, 1.165) is 10.2 Å². The van der Waals surface area contributed by atoms with Crippen molar-refractivity contribution in [2.24, 2.45) is 0 Å². The van der Waals surface area contributed by atoms with Gasteiger partial charge in [-0.1, -0.05) is 23.6 Å². The molecule has 3 heteroatoms. The maximum atomic E-state index is 5.90. The SMILES string of the molecule is CC#CCNc1cccc(Cl)c1Br. The lowest BCUT2D eigenvalue weighted by Gasteiger charge is -2.05. The highest BCUT2D eigenvalue weighted by Crippen LogP contribution is 2.29. The van der Waals surface area contributed by atoms with E-state index in [1.54, 1.807) is 0 Å². The fourth-order valence-electron chi connectivity index (χ4n) is 0.868. The Morgan fingerprint density at radius 1 is 1.54 bits per heavy atom. The van der Waals surface area contributed by atoms with Gasteiger partial charge in [0.25, 0.3) is 0 Å². The van der Waals surface area contributed by atoms with Crippen LogP contribution in [0.5, 0.6) is 0 Å². The topological polar surface area (TPSA) is 12.0 Å². The Bertz CT molecular complexity index is 352. The van der Waals surface area contributed by atoms with Crippen LogP contribution < -0.4 is 5.32 Å². The van der Waals surface area contributed by atoms with Crippen LogP contribution >= 0.6 is 27.5 Å². The molecule has 0 aliphatic rings. The largest absolute Gasteiger partial charge is 0.373 e. The molecule has 0 heterocycles. The van der Waals surface area contributed by atoms with Gasteiger partial charge in [-0.3, -0.25) is 0 Å². The van der Waals surface area contributed by atoms with E-state index in [-0.39, 0.29) is 0 Å². The van der Waals surface area contributed by atoms with Crippen molar-refractivity contribution in [2.75, 3.05) is 11.9 Å². The zero-order valence-electron chi connectivity index (χ0n) is 7.20. The van der Waals surface area contributed by atoms with Crippen molar-refractivity contribution >= 4 is 33.2 Å². The maximum Gasteiger partial charge on any atom is 0.0766 e. The molecule has 0 atom stereocenters. The van der Waals surface area contributed by atoms with Gasteiger partial charge < -0.3 is 5.32 Å². The minimum Gasteiger partial charge on any atom is -0.373 e. The molecule has 13 heavy (non-hydrogen) atoms. The summed E-state index contributed by atoms with van der Waals surface area (Å²) in [5, 5.41) is 3.85. The first-order chi connectivity index (χ1) is 6.25. The van der Waals surface area contributed by atoms with Gasteiger partial charge in [0, 0.05) is 0 Å². The molecule has 0 saturated carbocycles. The molecular formula is C10H9BrClN. The molecule has 1 aromatic carbocycles. The van der Waals surface area contributed by atoms with Gasteiger partial charge >= 0.3 is 0 Å². The summed E-state index contributed by atoms with van der Waals surface area (Å²) in [6.07, 6.45) is 0. The van der Waals surface area contributed by atoms with Crippen LogP contribution in [-0.2, 0) is 0 Å². The Morgan fingerprint density at radius 3 is 3.00 bits per heavy atom. The van der Waals surface area contributed by atoms with Crippen LogP contribution in [0.15, 0.2) is 22.7 Å². The van der Waals surface area contributed by atoms with Crippen molar-refractivity contribution in [2.45, 2.75) is 6.92 Å². The molecule has 0 radical (unpaired) electrons. The van der Waals surface area contributed by atoms with Crippen molar-refractivity contribution < 1.29 is 0 Å². The standard InChI is InChI=1S/C10H9BrClN/c1-2-3-7-13-9-6-4-5-8(12)10(9)11/h4-6,13H,7H2,1H3. The quantitative estimate of drug-likeness (QED) is 0.800. The summed E-state index contributed by atoms with van der Waals surface area (Å²) in [7, 11) is 0. The number of hydrogen-bond donors (Lipinski definition) is 1. The number of anilines is 1. The summed E-state index contributed by atoms with van der Waals surface area (Å²) in [6, 6.07) is 5.68. The minimum atomic E-state index is 0.634. The molecular weight excluding hydrogens is 249 g/mol. The molecule has 0 bridgehead atoms. The summed E-state index contributed by atoms with van der Waals surface area (Å²) in [5.41, 5.74) is 0.968. The van der Waals surface area contributed by atoms with Crippen molar-refractivity contribution in [3.63, 3.8) is 0 Å². The molecule has 0 aliphatic carbocycles. The first-order valence-corrected chi connectivity index (χ1v) is 5.00. The molecule has 0 aromatic heterocycles. The second-order valence-corrected chi connectivity index (χ2v) is 3.58. The predicted molar refractivity (Wildman–Crippen MR) is 61.1 cm³/mol. The highest BCUT2D eigenvalue weighted by atomic mass is 79.9. The number of nitrogens with one attached hydrogen (secondary N) is 1. The van der Waals surface area contributed by atoms with E-state index >= 15 is 0 Å². The molecule has 1 rings (SSSR count). The zero-order valence-corrected chi connectivity index (χ0v) is 9.54. The molecule has 0 saturated heterocycles. The highest BCUT2D eigenvalue weighted by molar-refractivity contribution is 9.10. The van der Waals surface area contributed by atoms with E-state index < -0.39 is 0 Å². The minimum absolute atomic E-state index is 0.634. The van der Waals surface area contributed by atoms with Crippen molar-refractivity contribution in [1.82, 2.24) is 0 Å². The Kier molecular flexibility index (Phi) is 4.14. The van der Waals surface area contributed by atoms with Crippen LogP contribution in [0.25, 0.3) is 0 Å². The number of hydrogen-bond acceptors (Lipinski definition) is 1. The van der Waals surface area contributed by atoms with Gasteiger partial charge in [-0.05, 0) is 35.0 Å². The average Bonchev–Trinajstić information content (AvgIpc) is 2.13. The van der Waals surface area contributed by atoms with Crippen LogP contribution in [0.4, 0.5) is 5.69 Å². The van der Waals surface area contributed by atoms with Crippen LogP contribution in [-0.4, -0.2) is 6.54 Å². The van der Waals surface area contributed by atoms with Gasteiger partial charge in [0.05, 0.1) is 21.7 Å². The Balaban J connectivity index is 2.75. The summed E-state index contributed by atoms with van der Waals surface area (Å²) >= 11 is 9.29. The van der Waals surface area contributed by atoms with E-state index in [4.69, 9.17) is 11.6 Å². The van der Waals surface area contributed by atoms with E-state index in [2.05, 4.69) is 33.1 Å². The van der Waals surface area contributed by atoms with Crippen LogP contribution in [0.2, 0.25) is 5.02 Å². The van der Waals surface area contributed by atoms with E-state index in [9.17, 15) is 0 Å². The molecule has 0 amide bonds. The van der Waals surface area contributed by atoms with Gasteiger partial charge in [0.15, 0.2) is 0 Å². The third-order valence-electron chi connectivity index (χ3n) is 1.50. The lowest BCUT2D eigenvalue weighted by atomic mass is 10.3. The number of rotatable bonds is 2. The summed E-state index contributed by atoms with van der Waals surface area (Å²) in [4.78, 5) is 0. The number of halogens is 2. The summed E-state index contributed by atoms with van der Waals surface area (Å²) < 4.78 is 0.884. The summed E-state index contributed by atoms with van der Waals surface area (Å²) in [6.45, 7) is 2.45. The van der Waals surface area contributed by atoms with Gasteiger partial charge in [0.1, 0.15) is 0 Å². The number of benzene rings is 1. The lowest BCUT2D eigenvalue weighted by molar-refractivity contribution is 1.36. The van der Waals surface area contributed by atoms with Crippen molar-refractivity contribution in [1.29, 1.82) is 0 Å². The average molecular weight is 259 g/mol. The normalized spacial score (nSPS) is 8.85. The van der Waals surface area contributed by atoms with Crippen molar-refractivity contribution in [3.05, 3.63) is 27.7 Å². The summed E-state index contributed by atoms with van der Waals surface area (Å²) in [5.74, 6) is 5.73. The molecule has 68 valence electrons. The van der Waals surface area contributed by atoms with Crippen LogP contribution in [0.3, 0.4) is 0 Å². The third kappa shape index (κ3) is 2.95. The lowest BCUT2D eigenvalue weighted by Crippen LogP contribution is -1.99. The molecule has 1 aromatic rings. The Morgan fingerprint density at radius 2 is 2.31 bits per heavy atom. The highest BCUT2D eigenvalue weighted by Gasteiger charge is 2.01. The first-order valence-electron chi connectivity index (χ1n) is 3.83. The fraction of sp³-hybridized carbons (Fsp3) is 0.200. The predicted octanol–water partition coefficient (Wildman–Crippen LogP) is 3.54. The Labute approximate surface area is 91.6 Å². The van der Waals surface area contributed by atoms with Gasteiger partial charge in [-0.15, -0.1) is 5.92 Å². The van der Waals surface area contributed by atoms with Crippen molar-refractivity contribution in [3.8, 4) is 11.8 Å². The Hall–Kier alpha value is -0.650. The van der Waals surface area contributed by atoms with E-state index in [0.29, 0.717) is 11.6 Å². The molecule has 0 spiro atoms. The molecule has 0 fully saturated rings. The molecule has 1 nitrogen and oxygen atoms in total. The van der Waals surface area contributed by atoms with Crippen LogP contribution in [0, 0.1) is 11.8 Å². The van der Waals surface area contributed by atoms with Gasteiger partial charge in [-0.25, -0.2) is 0 Å². The fourth-order valence-corrected chi connectivity index (χ4v) is 1.45. The van der Waals surface area contributed by atoms with Gasteiger partial charge in [-0.2, -0.15) is 0 Å². The maximum absolute atomic E-state index is 5.90. The molecule has 1 N–H and O–H groups in total. The smallest absolute Gasteiger partial charge is 0.0766 e. The monoisotopic (exact) mass is 257 g/mol. The van der Waals surface area contributed by atoms with E-state index in [1.807, 2.05) is 25.1 Å².